The highest BCUT2D eigenvalue weighted by atomic mass is 35.5. The van der Waals surface area contributed by atoms with Gasteiger partial charge < -0.3 is 4.90 Å². The highest BCUT2D eigenvalue weighted by Gasteiger charge is 2.48. The first-order chi connectivity index (χ1) is 13.8. The van der Waals surface area contributed by atoms with Crippen molar-refractivity contribution >= 4 is 39.3 Å². The molecule has 0 unspecified atom stereocenters. The summed E-state index contributed by atoms with van der Waals surface area (Å²) in [5, 5.41) is 0.575. The zero-order valence-corrected chi connectivity index (χ0v) is 17.9. The van der Waals surface area contributed by atoms with Crippen LogP contribution in [-0.4, -0.2) is 53.8 Å². The monoisotopic (exact) mass is 454 g/mol. The highest BCUT2D eigenvalue weighted by molar-refractivity contribution is 8.00. The van der Waals surface area contributed by atoms with Crippen molar-refractivity contribution in [1.29, 1.82) is 0 Å². The quantitative estimate of drug-likeness (QED) is 0.706. The molecule has 0 saturated carbocycles. The molecule has 0 atom stereocenters. The van der Waals surface area contributed by atoms with E-state index in [0.717, 1.165) is 17.9 Å². The number of amides is 1. The van der Waals surface area contributed by atoms with Gasteiger partial charge in [0.1, 0.15) is 5.82 Å². The Morgan fingerprint density at radius 2 is 1.62 bits per heavy atom. The van der Waals surface area contributed by atoms with Crippen molar-refractivity contribution in [1.82, 2.24) is 9.21 Å². The zero-order chi connectivity index (χ0) is 20.6. The van der Waals surface area contributed by atoms with Gasteiger partial charge in [-0.05, 0) is 61.4 Å². The molecular formula is C20H20ClFN2O3S2. The van der Waals surface area contributed by atoms with Crippen LogP contribution in [0.3, 0.4) is 0 Å². The molecule has 0 N–H and O–H groups in total. The normalized spacial score (nSPS) is 19.6. The Morgan fingerprint density at radius 3 is 2.24 bits per heavy atom. The van der Waals surface area contributed by atoms with E-state index in [2.05, 4.69) is 0 Å². The topological polar surface area (TPSA) is 57.7 Å². The molecule has 29 heavy (non-hydrogen) atoms. The van der Waals surface area contributed by atoms with Crippen LogP contribution in [0.15, 0.2) is 53.4 Å². The van der Waals surface area contributed by atoms with Gasteiger partial charge in [0, 0.05) is 36.0 Å². The Morgan fingerprint density at radius 1 is 1.00 bits per heavy atom. The molecule has 2 aliphatic rings. The summed E-state index contributed by atoms with van der Waals surface area (Å²) in [6.45, 7) is 1.27. The van der Waals surface area contributed by atoms with E-state index in [1.54, 1.807) is 36.0 Å². The maximum absolute atomic E-state index is 13.1. The van der Waals surface area contributed by atoms with Gasteiger partial charge in [-0.3, -0.25) is 4.79 Å². The fourth-order valence-corrected chi connectivity index (χ4v) is 6.91. The number of rotatable bonds is 3. The number of benzene rings is 2. The largest absolute Gasteiger partial charge is 0.323 e. The number of piperidine rings is 1. The lowest BCUT2D eigenvalue weighted by atomic mass is 10.0. The van der Waals surface area contributed by atoms with Crippen LogP contribution in [-0.2, 0) is 10.0 Å². The van der Waals surface area contributed by atoms with Gasteiger partial charge in [-0.25, -0.2) is 12.8 Å². The Balaban J connectivity index is 1.50. The first kappa shape index (κ1) is 20.7. The molecule has 2 aromatic rings. The molecule has 0 aromatic heterocycles. The minimum atomic E-state index is -3.68. The van der Waals surface area contributed by atoms with E-state index in [1.165, 1.54) is 16.4 Å². The molecule has 1 spiro atoms. The number of thioether (sulfide) groups is 1. The number of carbonyl (C=O) groups excluding carboxylic acids is 1. The fraction of sp³-hybridized carbons (Fsp3) is 0.350. The summed E-state index contributed by atoms with van der Waals surface area (Å²) in [4.78, 5) is 14.6. The van der Waals surface area contributed by atoms with E-state index in [-0.39, 0.29) is 10.8 Å². The van der Waals surface area contributed by atoms with Crippen molar-refractivity contribution in [3.05, 3.63) is 64.9 Å². The lowest BCUT2D eigenvalue weighted by molar-refractivity contribution is 0.0605. The minimum absolute atomic E-state index is 0.0542. The van der Waals surface area contributed by atoms with Crippen LogP contribution < -0.4 is 0 Å². The number of nitrogens with zero attached hydrogens (tertiary/aromatic N) is 2. The summed E-state index contributed by atoms with van der Waals surface area (Å²) < 4.78 is 40.3. The number of hydrogen-bond donors (Lipinski definition) is 0. The third-order valence-electron chi connectivity index (χ3n) is 5.47. The maximum Gasteiger partial charge on any atom is 0.254 e. The van der Waals surface area contributed by atoms with Gasteiger partial charge in [0.05, 0.1) is 9.77 Å². The van der Waals surface area contributed by atoms with E-state index in [1.807, 2.05) is 4.90 Å². The van der Waals surface area contributed by atoms with Crippen LogP contribution in [0.2, 0.25) is 5.02 Å². The second-order valence-corrected chi connectivity index (χ2v) is 10.9. The molecule has 2 fully saturated rings. The second-order valence-electron chi connectivity index (χ2n) is 7.12. The van der Waals surface area contributed by atoms with E-state index < -0.39 is 20.7 Å². The van der Waals surface area contributed by atoms with E-state index in [4.69, 9.17) is 11.6 Å². The number of hydrogen-bond acceptors (Lipinski definition) is 4. The molecule has 0 aliphatic carbocycles. The first-order valence-corrected chi connectivity index (χ1v) is 12.1. The first-order valence-electron chi connectivity index (χ1n) is 9.29. The summed E-state index contributed by atoms with van der Waals surface area (Å²) in [6.07, 6.45) is 1.11. The molecule has 0 bridgehead atoms. The summed E-state index contributed by atoms with van der Waals surface area (Å²) in [5.41, 5.74) is 0.581. The number of sulfonamides is 1. The molecule has 4 rings (SSSR count). The number of halogens is 2. The predicted molar refractivity (Wildman–Crippen MR) is 112 cm³/mol. The van der Waals surface area contributed by atoms with E-state index in [9.17, 15) is 17.6 Å². The van der Waals surface area contributed by atoms with Crippen molar-refractivity contribution in [3.63, 3.8) is 0 Å². The van der Waals surface area contributed by atoms with Gasteiger partial charge in [0.25, 0.3) is 5.91 Å². The molecule has 0 radical (unpaired) electrons. The molecule has 2 heterocycles. The molecule has 2 aromatic carbocycles. The van der Waals surface area contributed by atoms with E-state index in [0.29, 0.717) is 43.1 Å². The van der Waals surface area contributed by atoms with Crippen LogP contribution in [0.5, 0.6) is 0 Å². The van der Waals surface area contributed by atoms with Crippen molar-refractivity contribution in [2.24, 2.45) is 0 Å². The molecule has 2 saturated heterocycles. The third kappa shape index (κ3) is 3.91. The van der Waals surface area contributed by atoms with Crippen molar-refractivity contribution in [2.75, 3.05) is 25.4 Å². The molecular weight excluding hydrogens is 435 g/mol. The standard InChI is InChI=1S/C20H20ClFN2O3S2/c21-16-3-1-15(2-4-16)19(25)24-13-14-28-20(24)9-11-23(12-10-20)29(26,27)18-7-5-17(22)6-8-18/h1-8H,9-14H2. The van der Waals surface area contributed by atoms with Gasteiger partial charge in [-0.2, -0.15) is 4.31 Å². The van der Waals surface area contributed by atoms with Crippen molar-refractivity contribution < 1.29 is 17.6 Å². The van der Waals surface area contributed by atoms with Gasteiger partial charge in [-0.1, -0.05) is 11.6 Å². The van der Waals surface area contributed by atoms with Crippen molar-refractivity contribution in [2.45, 2.75) is 22.6 Å². The van der Waals surface area contributed by atoms with Gasteiger partial charge in [0.2, 0.25) is 10.0 Å². The average molecular weight is 455 g/mol. The number of carbonyl (C=O) groups is 1. The van der Waals surface area contributed by atoms with Crippen LogP contribution in [0.4, 0.5) is 4.39 Å². The second kappa shape index (κ2) is 7.91. The SMILES string of the molecule is O=C(c1ccc(Cl)cc1)N1CCSC12CCN(S(=O)(=O)c1ccc(F)cc1)CC2. The molecule has 154 valence electrons. The highest BCUT2D eigenvalue weighted by Crippen LogP contribution is 2.45. The molecule has 5 nitrogen and oxygen atoms in total. The Bertz CT molecular complexity index is 1010. The minimum Gasteiger partial charge on any atom is -0.323 e. The fourth-order valence-electron chi connectivity index (χ4n) is 3.89. The third-order valence-corrected chi connectivity index (χ3v) is 9.19. The zero-order valence-electron chi connectivity index (χ0n) is 15.6. The van der Waals surface area contributed by atoms with Gasteiger partial charge in [-0.15, -0.1) is 11.8 Å². The van der Waals surface area contributed by atoms with E-state index >= 15 is 0 Å². The van der Waals surface area contributed by atoms with Gasteiger partial charge in [0.15, 0.2) is 0 Å². The molecule has 1 amide bonds. The smallest absolute Gasteiger partial charge is 0.254 e. The van der Waals surface area contributed by atoms with Gasteiger partial charge >= 0.3 is 0 Å². The Hall–Kier alpha value is -1.61. The summed E-state index contributed by atoms with van der Waals surface area (Å²) in [5.74, 6) is 0.297. The Labute approximate surface area is 178 Å². The van der Waals surface area contributed by atoms with Crippen LogP contribution in [0, 0.1) is 5.82 Å². The lowest BCUT2D eigenvalue weighted by Gasteiger charge is -2.43. The van der Waals surface area contributed by atoms with Crippen LogP contribution in [0.1, 0.15) is 23.2 Å². The average Bonchev–Trinajstić information content (AvgIpc) is 3.11. The predicted octanol–water partition coefficient (Wildman–Crippen LogP) is 3.85. The Kier molecular flexibility index (Phi) is 5.63. The van der Waals surface area contributed by atoms with Crippen LogP contribution >= 0.6 is 23.4 Å². The lowest BCUT2D eigenvalue weighted by Crippen LogP contribution is -2.53. The summed E-state index contributed by atoms with van der Waals surface area (Å²) in [7, 11) is -3.68. The summed E-state index contributed by atoms with van der Waals surface area (Å²) >= 11 is 7.64. The molecule has 9 heteroatoms. The maximum atomic E-state index is 13.1. The molecule has 2 aliphatic heterocycles. The van der Waals surface area contributed by atoms with Crippen LogP contribution in [0.25, 0.3) is 0 Å². The van der Waals surface area contributed by atoms with Crippen molar-refractivity contribution in [3.8, 4) is 0 Å². The summed E-state index contributed by atoms with van der Waals surface area (Å²) in [6, 6.07) is 11.7.